The van der Waals surface area contributed by atoms with Crippen LogP contribution in [0.1, 0.15) is 12.0 Å². The van der Waals surface area contributed by atoms with E-state index in [2.05, 4.69) is 36.2 Å². The highest BCUT2D eigenvalue weighted by molar-refractivity contribution is 5.82. The molecule has 1 aliphatic heterocycles. The molecule has 0 aromatic heterocycles. The molecular weight excluding hydrogens is 226 g/mol. The molecule has 1 unspecified atom stereocenters. The monoisotopic (exact) mass is 247 g/mol. The van der Waals surface area contributed by atoms with Crippen molar-refractivity contribution in [3.05, 3.63) is 35.9 Å². The molecule has 0 bridgehead atoms. The second kappa shape index (κ2) is 6.66. The number of likely N-dealkylation sites (N-methyl/N-ethyl adjacent to an activating group) is 1. The highest BCUT2D eigenvalue weighted by Crippen LogP contribution is 2.11. The number of nitrogens with zero attached hydrogens (tertiary/aromatic N) is 1. The van der Waals surface area contributed by atoms with Crippen molar-refractivity contribution in [3.8, 4) is 0 Å². The van der Waals surface area contributed by atoms with Gasteiger partial charge in [-0.15, -0.1) is 0 Å². The van der Waals surface area contributed by atoms with Crippen LogP contribution in [0.15, 0.2) is 30.3 Å². The van der Waals surface area contributed by atoms with Crippen molar-refractivity contribution in [1.82, 2.24) is 4.90 Å². The summed E-state index contributed by atoms with van der Waals surface area (Å²) in [5, 5.41) is 0. The van der Waals surface area contributed by atoms with Crippen LogP contribution in [0.3, 0.4) is 0 Å². The summed E-state index contributed by atoms with van der Waals surface area (Å²) in [6.07, 6.45) is 1.61. The van der Waals surface area contributed by atoms with E-state index in [-0.39, 0.29) is 5.92 Å². The predicted octanol–water partition coefficient (Wildman–Crippen LogP) is 1.77. The zero-order chi connectivity index (χ0) is 12.8. The maximum atomic E-state index is 11.7. The molecule has 0 amide bonds. The Hall–Kier alpha value is -1.19. The Morgan fingerprint density at radius 2 is 2.11 bits per heavy atom. The third-order valence-electron chi connectivity index (χ3n) is 3.42. The van der Waals surface area contributed by atoms with Gasteiger partial charge in [-0.2, -0.15) is 0 Å². The van der Waals surface area contributed by atoms with E-state index in [1.54, 1.807) is 0 Å². The molecule has 0 saturated carbocycles. The average Bonchev–Trinajstić information content (AvgIpc) is 2.40. The summed E-state index contributed by atoms with van der Waals surface area (Å²) in [7, 11) is 2.07. The molecule has 98 valence electrons. The number of ketones is 1. The average molecular weight is 247 g/mol. The lowest BCUT2D eigenvalue weighted by atomic mass is 10.00. The first-order chi connectivity index (χ1) is 8.75. The van der Waals surface area contributed by atoms with Gasteiger partial charge in [0.25, 0.3) is 0 Å². The van der Waals surface area contributed by atoms with Crippen LogP contribution in [0.2, 0.25) is 0 Å². The number of carbonyl (C=O) groups is 1. The van der Waals surface area contributed by atoms with E-state index in [1.165, 1.54) is 5.56 Å². The Morgan fingerprint density at radius 1 is 1.33 bits per heavy atom. The Balaban J connectivity index is 1.74. The number of Topliss-reactive ketones (excluding diaryl/α,β-unsaturated/α-hetero) is 1. The molecule has 0 radical (unpaired) electrons. The first-order valence-corrected chi connectivity index (χ1v) is 6.58. The first-order valence-electron chi connectivity index (χ1n) is 6.58. The molecule has 1 aromatic carbocycles. The highest BCUT2D eigenvalue weighted by Gasteiger charge is 2.23. The van der Waals surface area contributed by atoms with E-state index in [0.29, 0.717) is 25.4 Å². The molecule has 3 nitrogen and oxygen atoms in total. The van der Waals surface area contributed by atoms with Gasteiger partial charge in [0, 0.05) is 19.5 Å². The van der Waals surface area contributed by atoms with Gasteiger partial charge in [-0.3, -0.25) is 4.79 Å². The third-order valence-corrected chi connectivity index (χ3v) is 3.42. The molecule has 1 aromatic rings. The van der Waals surface area contributed by atoms with Gasteiger partial charge in [0.15, 0.2) is 0 Å². The predicted molar refractivity (Wildman–Crippen MR) is 71.6 cm³/mol. The van der Waals surface area contributed by atoms with Crippen molar-refractivity contribution in [3.63, 3.8) is 0 Å². The van der Waals surface area contributed by atoms with Crippen molar-refractivity contribution in [2.75, 3.05) is 33.4 Å². The van der Waals surface area contributed by atoms with Crippen LogP contribution in [0, 0.1) is 5.92 Å². The summed E-state index contributed by atoms with van der Waals surface area (Å²) < 4.78 is 5.37. The molecule has 1 saturated heterocycles. The minimum Gasteiger partial charge on any atom is -0.380 e. The molecule has 1 heterocycles. The van der Waals surface area contributed by atoms with E-state index >= 15 is 0 Å². The number of hydrogen-bond donors (Lipinski definition) is 0. The van der Waals surface area contributed by atoms with Gasteiger partial charge in [0.1, 0.15) is 5.78 Å². The number of benzene rings is 1. The van der Waals surface area contributed by atoms with Crippen molar-refractivity contribution >= 4 is 5.78 Å². The Bertz CT molecular complexity index is 377. The molecule has 3 heteroatoms. The molecule has 1 aliphatic rings. The van der Waals surface area contributed by atoms with E-state index in [4.69, 9.17) is 4.74 Å². The minimum absolute atomic E-state index is 0.0690. The van der Waals surface area contributed by atoms with Gasteiger partial charge in [0.2, 0.25) is 0 Å². The summed E-state index contributed by atoms with van der Waals surface area (Å²) in [5.41, 5.74) is 1.34. The van der Waals surface area contributed by atoms with Crippen molar-refractivity contribution < 1.29 is 9.53 Å². The zero-order valence-corrected chi connectivity index (χ0v) is 11.0. The number of ether oxygens (including phenoxy) is 1. The summed E-state index contributed by atoms with van der Waals surface area (Å²) in [6.45, 7) is 2.98. The van der Waals surface area contributed by atoms with Crippen LogP contribution in [-0.2, 0) is 16.0 Å². The number of carbonyl (C=O) groups excluding carboxylic acids is 1. The van der Waals surface area contributed by atoms with Gasteiger partial charge in [0.05, 0.1) is 19.1 Å². The zero-order valence-electron chi connectivity index (χ0n) is 11.0. The molecule has 1 atom stereocenters. The van der Waals surface area contributed by atoms with Crippen LogP contribution in [0.4, 0.5) is 0 Å². The second-order valence-electron chi connectivity index (χ2n) is 4.99. The number of rotatable bonds is 5. The SMILES string of the molecule is CN(CCc1ccccc1)CC1COCCC1=O. The molecular formula is C15H21NO2. The van der Waals surface area contributed by atoms with E-state index in [0.717, 1.165) is 19.5 Å². The van der Waals surface area contributed by atoms with Crippen LogP contribution in [0.5, 0.6) is 0 Å². The summed E-state index contributed by atoms with van der Waals surface area (Å²) in [5.74, 6) is 0.423. The number of hydrogen-bond acceptors (Lipinski definition) is 3. The van der Waals surface area contributed by atoms with Crippen LogP contribution >= 0.6 is 0 Å². The fourth-order valence-corrected chi connectivity index (χ4v) is 2.28. The summed E-state index contributed by atoms with van der Waals surface area (Å²) in [4.78, 5) is 13.9. The summed E-state index contributed by atoms with van der Waals surface area (Å²) in [6, 6.07) is 10.4. The quantitative estimate of drug-likeness (QED) is 0.794. The molecule has 0 aliphatic carbocycles. The van der Waals surface area contributed by atoms with Crippen LogP contribution in [-0.4, -0.2) is 44.0 Å². The smallest absolute Gasteiger partial charge is 0.141 e. The van der Waals surface area contributed by atoms with E-state index in [1.807, 2.05) is 6.07 Å². The molecule has 1 fully saturated rings. The van der Waals surface area contributed by atoms with Gasteiger partial charge in [-0.05, 0) is 19.0 Å². The third kappa shape index (κ3) is 3.93. The van der Waals surface area contributed by atoms with Crippen LogP contribution in [0.25, 0.3) is 0 Å². The van der Waals surface area contributed by atoms with Gasteiger partial charge in [-0.1, -0.05) is 30.3 Å². The molecule has 0 spiro atoms. The van der Waals surface area contributed by atoms with Gasteiger partial charge >= 0.3 is 0 Å². The van der Waals surface area contributed by atoms with Crippen molar-refractivity contribution in [2.24, 2.45) is 5.92 Å². The van der Waals surface area contributed by atoms with Crippen molar-refractivity contribution in [2.45, 2.75) is 12.8 Å². The topological polar surface area (TPSA) is 29.5 Å². The maximum Gasteiger partial charge on any atom is 0.141 e. The van der Waals surface area contributed by atoms with Gasteiger partial charge in [-0.25, -0.2) is 0 Å². The van der Waals surface area contributed by atoms with Crippen molar-refractivity contribution in [1.29, 1.82) is 0 Å². The molecule has 0 N–H and O–H groups in total. The fraction of sp³-hybridized carbons (Fsp3) is 0.533. The molecule has 2 rings (SSSR count). The fourth-order valence-electron chi connectivity index (χ4n) is 2.28. The highest BCUT2D eigenvalue weighted by atomic mass is 16.5. The largest absolute Gasteiger partial charge is 0.380 e. The lowest BCUT2D eigenvalue weighted by Gasteiger charge is -2.26. The Kier molecular flexibility index (Phi) is 4.90. The standard InChI is InChI=1S/C15H21NO2/c1-16(9-7-13-5-3-2-4-6-13)11-14-12-18-10-8-15(14)17/h2-6,14H,7-12H2,1H3. The van der Waals surface area contributed by atoms with E-state index < -0.39 is 0 Å². The normalized spacial score (nSPS) is 20.3. The lowest BCUT2D eigenvalue weighted by Crippen LogP contribution is -2.37. The molecule has 18 heavy (non-hydrogen) atoms. The van der Waals surface area contributed by atoms with Gasteiger partial charge < -0.3 is 9.64 Å². The first kappa shape index (κ1) is 13.2. The maximum absolute atomic E-state index is 11.7. The summed E-state index contributed by atoms with van der Waals surface area (Å²) >= 11 is 0. The minimum atomic E-state index is 0.0690. The van der Waals surface area contributed by atoms with E-state index in [9.17, 15) is 4.79 Å². The lowest BCUT2D eigenvalue weighted by molar-refractivity contribution is -0.131. The van der Waals surface area contributed by atoms with Crippen LogP contribution < -0.4 is 0 Å². The Morgan fingerprint density at radius 3 is 2.83 bits per heavy atom. The Labute approximate surface area is 109 Å². The second-order valence-corrected chi connectivity index (χ2v) is 4.99.